The Balaban J connectivity index is 1.93. The van der Waals surface area contributed by atoms with Gasteiger partial charge in [0.2, 0.25) is 0 Å². The minimum absolute atomic E-state index is 0.208. The molecule has 0 radical (unpaired) electrons. The molecule has 2 aromatic rings. The maximum atomic E-state index is 12.6. The number of nitrogens with one attached hydrogen (secondary N) is 1. The van der Waals surface area contributed by atoms with Gasteiger partial charge in [0.05, 0.1) is 12.7 Å². The molecule has 4 nitrogen and oxygen atoms in total. The smallest absolute Gasteiger partial charge is 0.341 e. The summed E-state index contributed by atoms with van der Waals surface area (Å²) in [7, 11) is 1.37. The Labute approximate surface area is 168 Å². The number of anilines is 1. The molecule has 0 spiro atoms. The first-order valence-electron chi connectivity index (χ1n) is 9.00. The number of benzene rings is 1. The number of esters is 1. The van der Waals surface area contributed by atoms with Crippen molar-refractivity contribution in [1.82, 2.24) is 0 Å². The molecule has 0 saturated carbocycles. The standard InChI is InChI=1S/C21H24ClNO3S/c1-21(2,3)13-7-10-15-16(11-13)27-19(17(15)20(25)26-4)23-18(24)12-5-8-14(22)9-6-12/h5-6,8-9,13H,7,10-11H2,1-4H3,(H,23,24). The Morgan fingerprint density at radius 1 is 1.22 bits per heavy atom. The third kappa shape index (κ3) is 4.19. The van der Waals surface area contributed by atoms with Gasteiger partial charge in [-0.05, 0) is 60.4 Å². The summed E-state index contributed by atoms with van der Waals surface area (Å²) < 4.78 is 5.00. The number of hydrogen-bond acceptors (Lipinski definition) is 4. The van der Waals surface area contributed by atoms with Crippen LogP contribution in [0.3, 0.4) is 0 Å². The van der Waals surface area contributed by atoms with Crippen molar-refractivity contribution in [2.24, 2.45) is 11.3 Å². The first-order valence-corrected chi connectivity index (χ1v) is 10.2. The van der Waals surface area contributed by atoms with Gasteiger partial charge in [0, 0.05) is 15.5 Å². The maximum absolute atomic E-state index is 12.6. The quantitative estimate of drug-likeness (QED) is 0.677. The van der Waals surface area contributed by atoms with E-state index in [1.54, 1.807) is 24.3 Å². The highest BCUT2D eigenvalue weighted by molar-refractivity contribution is 7.17. The molecule has 6 heteroatoms. The second-order valence-corrected chi connectivity index (χ2v) is 9.51. The molecule has 1 aliphatic rings. The van der Waals surface area contributed by atoms with Gasteiger partial charge in [0.25, 0.3) is 5.91 Å². The molecular weight excluding hydrogens is 382 g/mol. The third-order valence-corrected chi connectivity index (χ3v) is 6.63. The minimum Gasteiger partial charge on any atom is -0.465 e. The molecule has 1 heterocycles. The fourth-order valence-electron chi connectivity index (χ4n) is 3.51. The molecule has 1 N–H and O–H groups in total. The number of carbonyl (C=O) groups is 2. The van der Waals surface area contributed by atoms with Crippen molar-refractivity contribution in [3.8, 4) is 0 Å². The lowest BCUT2D eigenvalue weighted by Gasteiger charge is -2.33. The van der Waals surface area contributed by atoms with Gasteiger partial charge in [-0.3, -0.25) is 4.79 Å². The minimum atomic E-state index is -0.395. The molecule has 1 unspecified atom stereocenters. The predicted octanol–water partition coefficient (Wildman–Crippen LogP) is 5.59. The predicted molar refractivity (Wildman–Crippen MR) is 110 cm³/mol. The SMILES string of the molecule is COC(=O)c1c(NC(=O)c2ccc(Cl)cc2)sc2c1CCC(C(C)(C)C)C2. The van der Waals surface area contributed by atoms with Gasteiger partial charge in [-0.15, -0.1) is 11.3 Å². The van der Waals surface area contributed by atoms with Crippen molar-refractivity contribution in [3.05, 3.63) is 50.9 Å². The molecule has 27 heavy (non-hydrogen) atoms. The summed E-state index contributed by atoms with van der Waals surface area (Å²) in [6, 6.07) is 6.67. The molecule has 1 amide bonds. The van der Waals surface area contributed by atoms with Gasteiger partial charge in [0.15, 0.2) is 0 Å². The van der Waals surface area contributed by atoms with Crippen molar-refractivity contribution in [2.45, 2.75) is 40.0 Å². The van der Waals surface area contributed by atoms with E-state index in [1.165, 1.54) is 23.3 Å². The number of amides is 1. The second-order valence-electron chi connectivity index (χ2n) is 7.97. The molecule has 3 rings (SSSR count). The summed E-state index contributed by atoms with van der Waals surface area (Å²) in [5.41, 5.74) is 2.24. The summed E-state index contributed by atoms with van der Waals surface area (Å²) in [5.74, 6) is -0.107. The highest BCUT2D eigenvalue weighted by Gasteiger charge is 2.34. The van der Waals surface area contributed by atoms with Crippen LogP contribution in [0.5, 0.6) is 0 Å². The average Bonchev–Trinajstić information content (AvgIpc) is 2.97. The van der Waals surface area contributed by atoms with Crippen LogP contribution in [0.4, 0.5) is 5.00 Å². The highest BCUT2D eigenvalue weighted by atomic mass is 35.5. The van der Waals surface area contributed by atoms with E-state index in [4.69, 9.17) is 16.3 Å². The van der Waals surface area contributed by atoms with E-state index < -0.39 is 5.97 Å². The van der Waals surface area contributed by atoms with E-state index in [1.807, 2.05) is 0 Å². The summed E-state index contributed by atoms with van der Waals surface area (Å²) in [4.78, 5) is 26.2. The van der Waals surface area contributed by atoms with Crippen molar-refractivity contribution in [1.29, 1.82) is 0 Å². The number of fused-ring (bicyclic) bond motifs is 1. The molecule has 1 aromatic carbocycles. The molecule has 1 atom stereocenters. The highest BCUT2D eigenvalue weighted by Crippen LogP contribution is 2.44. The first kappa shape index (κ1) is 19.9. The molecule has 0 bridgehead atoms. The summed E-state index contributed by atoms with van der Waals surface area (Å²) >= 11 is 7.38. The lowest BCUT2D eigenvalue weighted by Crippen LogP contribution is -2.26. The Kier molecular flexibility index (Phi) is 5.63. The number of rotatable bonds is 3. The van der Waals surface area contributed by atoms with Crippen LogP contribution in [0.2, 0.25) is 5.02 Å². The van der Waals surface area contributed by atoms with Crippen LogP contribution in [-0.2, 0) is 17.6 Å². The lowest BCUT2D eigenvalue weighted by molar-refractivity contribution is 0.0600. The fourth-order valence-corrected chi connectivity index (χ4v) is 4.94. The molecule has 0 saturated heterocycles. The largest absolute Gasteiger partial charge is 0.465 e. The zero-order chi connectivity index (χ0) is 19.8. The number of carbonyl (C=O) groups excluding carboxylic acids is 2. The van der Waals surface area contributed by atoms with E-state index in [9.17, 15) is 9.59 Å². The Morgan fingerprint density at radius 3 is 2.48 bits per heavy atom. The monoisotopic (exact) mass is 405 g/mol. The number of methoxy groups -OCH3 is 1. The zero-order valence-electron chi connectivity index (χ0n) is 16.0. The van der Waals surface area contributed by atoms with E-state index in [0.29, 0.717) is 27.1 Å². The van der Waals surface area contributed by atoms with Crippen molar-refractivity contribution in [2.75, 3.05) is 12.4 Å². The van der Waals surface area contributed by atoms with Crippen LogP contribution < -0.4 is 5.32 Å². The van der Waals surface area contributed by atoms with E-state index in [0.717, 1.165) is 24.8 Å². The van der Waals surface area contributed by atoms with E-state index >= 15 is 0 Å². The third-order valence-electron chi connectivity index (χ3n) is 5.21. The molecule has 1 aliphatic carbocycles. The number of hydrogen-bond donors (Lipinski definition) is 1. The van der Waals surface area contributed by atoms with Gasteiger partial charge >= 0.3 is 5.97 Å². The molecule has 0 fully saturated rings. The van der Waals surface area contributed by atoms with Gasteiger partial charge < -0.3 is 10.1 Å². The Hall–Kier alpha value is -1.85. The summed E-state index contributed by atoms with van der Waals surface area (Å²) in [6.07, 6.45) is 2.78. The van der Waals surface area contributed by atoms with Gasteiger partial charge in [-0.2, -0.15) is 0 Å². The maximum Gasteiger partial charge on any atom is 0.341 e. The second kappa shape index (κ2) is 7.64. The van der Waals surface area contributed by atoms with Crippen LogP contribution in [0.25, 0.3) is 0 Å². The number of thiophene rings is 1. The molecular formula is C21H24ClNO3S. The van der Waals surface area contributed by atoms with Crippen molar-refractivity contribution >= 4 is 39.8 Å². The Morgan fingerprint density at radius 2 is 1.89 bits per heavy atom. The van der Waals surface area contributed by atoms with Gasteiger partial charge in [-0.1, -0.05) is 32.4 Å². The van der Waals surface area contributed by atoms with Crippen LogP contribution in [0, 0.1) is 11.3 Å². The topological polar surface area (TPSA) is 55.4 Å². The summed E-state index contributed by atoms with van der Waals surface area (Å²) in [6.45, 7) is 6.75. The normalized spacial score (nSPS) is 16.6. The first-order chi connectivity index (χ1) is 12.7. The van der Waals surface area contributed by atoms with Crippen LogP contribution in [0.15, 0.2) is 24.3 Å². The van der Waals surface area contributed by atoms with Gasteiger partial charge in [0.1, 0.15) is 5.00 Å². The van der Waals surface area contributed by atoms with Crippen molar-refractivity contribution < 1.29 is 14.3 Å². The van der Waals surface area contributed by atoms with Crippen LogP contribution in [0.1, 0.15) is 58.3 Å². The average molecular weight is 406 g/mol. The van der Waals surface area contributed by atoms with E-state index in [-0.39, 0.29) is 11.3 Å². The van der Waals surface area contributed by atoms with Crippen LogP contribution in [-0.4, -0.2) is 19.0 Å². The fraction of sp³-hybridized carbons (Fsp3) is 0.429. The summed E-state index contributed by atoms with van der Waals surface area (Å²) in [5, 5.41) is 4.05. The number of halogens is 1. The lowest BCUT2D eigenvalue weighted by atomic mass is 9.72. The zero-order valence-corrected chi connectivity index (χ0v) is 17.6. The van der Waals surface area contributed by atoms with Gasteiger partial charge in [-0.25, -0.2) is 4.79 Å². The van der Waals surface area contributed by atoms with Crippen molar-refractivity contribution in [3.63, 3.8) is 0 Å². The number of ether oxygens (including phenoxy) is 1. The molecule has 0 aliphatic heterocycles. The molecule has 144 valence electrons. The van der Waals surface area contributed by atoms with E-state index in [2.05, 4.69) is 26.1 Å². The molecule has 1 aromatic heterocycles. The Bertz CT molecular complexity index is 865. The van der Waals surface area contributed by atoms with Crippen LogP contribution >= 0.6 is 22.9 Å².